The standard InChI is InChI=1S/C12H15N3O5S/c13-21(19,20)7-6-14-12(18)15-10-3-1-2-9(8-10)4-5-11(16)17/h1-5,8H,6-7H2,(H,16,17)(H2,13,19,20)(H2,14,15,18)/b5-4+. The van der Waals surface area contributed by atoms with E-state index >= 15 is 0 Å². The summed E-state index contributed by atoms with van der Waals surface area (Å²) in [7, 11) is -3.62. The summed E-state index contributed by atoms with van der Waals surface area (Å²) in [6.07, 6.45) is 2.36. The van der Waals surface area contributed by atoms with Crippen LogP contribution in [-0.4, -0.2) is 37.8 Å². The number of urea groups is 1. The first-order valence-corrected chi connectivity index (χ1v) is 7.54. The van der Waals surface area contributed by atoms with Gasteiger partial charge in [0, 0.05) is 18.3 Å². The first kappa shape index (κ1) is 16.7. The lowest BCUT2D eigenvalue weighted by molar-refractivity contribution is -0.131. The number of nitrogens with one attached hydrogen (secondary N) is 2. The van der Waals surface area contributed by atoms with Gasteiger partial charge in [0.2, 0.25) is 10.0 Å². The van der Waals surface area contributed by atoms with E-state index in [1.165, 1.54) is 6.08 Å². The van der Waals surface area contributed by atoms with Gasteiger partial charge < -0.3 is 15.7 Å². The van der Waals surface area contributed by atoms with Crippen LogP contribution in [0.2, 0.25) is 0 Å². The van der Waals surface area contributed by atoms with Gasteiger partial charge in [-0.25, -0.2) is 23.1 Å². The average molecular weight is 313 g/mol. The third kappa shape index (κ3) is 7.70. The Kier molecular flexibility index (Phi) is 5.88. The van der Waals surface area contributed by atoms with E-state index in [1.807, 2.05) is 0 Å². The molecule has 0 unspecified atom stereocenters. The van der Waals surface area contributed by atoms with Crippen LogP contribution in [0.25, 0.3) is 6.08 Å². The molecule has 0 bridgehead atoms. The molecule has 0 saturated carbocycles. The number of carbonyl (C=O) groups excluding carboxylic acids is 1. The van der Waals surface area contributed by atoms with Crippen LogP contribution in [-0.2, 0) is 14.8 Å². The predicted molar refractivity (Wildman–Crippen MR) is 78.1 cm³/mol. The van der Waals surface area contributed by atoms with Gasteiger partial charge in [0.05, 0.1) is 5.75 Å². The Morgan fingerprint density at radius 1 is 1.33 bits per heavy atom. The third-order valence-electron chi connectivity index (χ3n) is 2.23. The molecule has 1 aromatic carbocycles. The van der Waals surface area contributed by atoms with Gasteiger partial charge in [-0.15, -0.1) is 0 Å². The Balaban J connectivity index is 2.56. The summed E-state index contributed by atoms with van der Waals surface area (Å²) in [6, 6.07) is 5.90. The quantitative estimate of drug-likeness (QED) is 0.555. The molecule has 9 heteroatoms. The number of aliphatic carboxylic acids is 1. The molecular weight excluding hydrogens is 298 g/mol. The highest BCUT2D eigenvalue weighted by molar-refractivity contribution is 7.89. The fraction of sp³-hybridized carbons (Fsp3) is 0.167. The topological polar surface area (TPSA) is 139 Å². The van der Waals surface area contributed by atoms with Gasteiger partial charge in [-0.05, 0) is 23.8 Å². The summed E-state index contributed by atoms with van der Waals surface area (Å²) in [6.45, 7) is -0.108. The molecule has 0 spiro atoms. The highest BCUT2D eigenvalue weighted by Crippen LogP contribution is 2.11. The predicted octanol–water partition coefficient (Wildman–Crippen LogP) is 0.194. The van der Waals surface area contributed by atoms with Crippen LogP contribution in [0.3, 0.4) is 0 Å². The smallest absolute Gasteiger partial charge is 0.328 e. The second-order valence-corrected chi connectivity index (χ2v) is 5.78. The average Bonchev–Trinajstić information content (AvgIpc) is 2.35. The Bertz CT molecular complexity index is 655. The Morgan fingerprint density at radius 2 is 2.05 bits per heavy atom. The number of carboxylic acids is 1. The molecule has 0 atom stereocenters. The van der Waals surface area contributed by atoms with E-state index in [0.717, 1.165) is 6.08 Å². The van der Waals surface area contributed by atoms with E-state index in [9.17, 15) is 18.0 Å². The molecule has 2 amide bonds. The molecule has 1 aromatic rings. The minimum absolute atomic E-state index is 0.108. The minimum atomic E-state index is -3.62. The molecular formula is C12H15N3O5S. The molecule has 0 heterocycles. The van der Waals surface area contributed by atoms with E-state index in [-0.39, 0.29) is 12.3 Å². The molecule has 0 fully saturated rings. The second kappa shape index (κ2) is 7.41. The number of anilines is 1. The zero-order valence-electron chi connectivity index (χ0n) is 10.9. The Labute approximate surface area is 121 Å². The number of hydrogen-bond donors (Lipinski definition) is 4. The summed E-state index contributed by atoms with van der Waals surface area (Å²) >= 11 is 0. The number of nitrogens with two attached hydrogens (primary N) is 1. The van der Waals surface area contributed by atoms with E-state index in [1.54, 1.807) is 24.3 Å². The summed E-state index contributed by atoms with van der Waals surface area (Å²) < 4.78 is 21.4. The van der Waals surface area contributed by atoms with E-state index in [4.69, 9.17) is 10.2 Å². The van der Waals surface area contributed by atoms with Gasteiger partial charge >= 0.3 is 12.0 Å². The maximum Gasteiger partial charge on any atom is 0.328 e. The largest absolute Gasteiger partial charge is 0.478 e. The summed E-state index contributed by atoms with van der Waals surface area (Å²) in [5.41, 5.74) is 1.04. The molecule has 5 N–H and O–H groups in total. The molecule has 8 nitrogen and oxygen atoms in total. The molecule has 1 rings (SSSR count). The Morgan fingerprint density at radius 3 is 2.67 bits per heavy atom. The van der Waals surface area contributed by atoms with E-state index in [0.29, 0.717) is 11.3 Å². The third-order valence-corrected chi connectivity index (χ3v) is 3.01. The van der Waals surface area contributed by atoms with Gasteiger partial charge in [-0.1, -0.05) is 12.1 Å². The molecule has 0 aromatic heterocycles. The van der Waals surface area contributed by atoms with Crippen molar-refractivity contribution in [2.45, 2.75) is 0 Å². The lowest BCUT2D eigenvalue weighted by Gasteiger charge is -2.07. The lowest BCUT2D eigenvalue weighted by atomic mass is 10.2. The maximum atomic E-state index is 11.5. The van der Waals surface area contributed by atoms with Gasteiger partial charge in [0.25, 0.3) is 0 Å². The molecule has 0 aliphatic carbocycles. The van der Waals surface area contributed by atoms with Crippen LogP contribution in [0.4, 0.5) is 10.5 Å². The van der Waals surface area contributed by atoms with E-state index in [2.05, 4.69) is 10.6 Å². The fourth-order valence-electron chi connectivity index (χ4n) is 1.37. The van der Waals surface area contributed by atoms with Crippen LogP contribution in [0.1, 0.15) is 5.56 Å². The molecule has 0 radical (unpaired) electrons. The fourth-order valence-corrected chi connectivity index (χ4v) is 1.76. The first-order valence-electron chi connectivity index (χ1n) is 5.83. The minimum Gasteiger partial charge on any atom is -0.478 e. The number of primary sulfonamides is 1. The molecule has 0 aliphatic rings. The Hall–Kier alpha value is -2.39. The lowest BCUT2D eigenvalue weighted by Crippen LogP contribution is -2.34. The maximum absolute atomic E-state index is 11.5. The summed E-state index contributed by atoms with van der Waals surface area (Å²) in [4.78, 5) is 21.9. The van der Waals surface area contributed by atoms with Crippen LogP contribution in [0.5, 0.6) is 0 Å². The molecule has 0 saturated heterocycles. The zero-order chi connectivity index (χ0) is 15.9. The highest BCUT2D eigenvalue weighted by atomic mass is 32.2. The van der Waals surface area contributed by atoms with Crippen molar-refractivity contribution in [2.24, 2.45) is 5.14 Å². The number of sulfonamides is 1. The van der Waals surface area contributed by atoms with Crippen LogP contribution in [0, 0.1) is 0 Å². The van der Waals surface area contributed by atoms with Gasteiger partial charge in [0.15, 0.2) is 0 Å². The number of carbonyl (C=O) groups is 2. The van der Waals surface area contributed by atoms with Crippen molar-refractivity contribution in [3.8, 4) is 0 Å². The SMILES string of the molecule is NS(=O)(=O)CCNC(=O)Nc1cccc(/C=C/C(=O)O)c1. The van der Waals surface area contributed by atoms with Crippen molar-refractivity contribution in [1.82, 2.24) is 5.32 Å². The van der Waals surface area contributed by atoms with Gasteiger partial charge in [0.1, 0.15) is 0 Å². The zero-order valence-corrected chi connectivity index (χ0v) is 11.8. The molecule has 21 heavy (non-hydrogen) atoms. The summed E-state index contributed by atoms with van der Waals surface area (Å²) in [5, 5.41) is 18.1. The van der Waals surface area contributed by atoms with Crippen LogP contribution in [0.15, 0.2) is 30.3 Å². The van der Waals surface area contributed by atoms with Crippen molar-refractivity contribution in [3.05, 3.63) is 35.9 Å². The van der Waals surface area contributed by atoms with Gasteiger partial charge in [-0.2, -0.15) is 0 Å². The highest BCUT2D eigenvalue weighted by Gasteiger charge is 2.05. The number of benzene rings is 1. The molecule has 114 valence electrons. The van der Waals surface area contributed by atoms with Crippen molar-refractivity contribution in [3.63, 3.8) is 0 Å². The van der Waals surface area contributed by atoms with Crippen molar-refractivity contribution in [2.75, 3.05) is 17.6 Å². The van der Waals surface area contributed by atoms with Crippen LogP contribution >= 0.6 is 0 Å². The summed E-state index contributed by atoms with van der Waals surface area (Å²) in [5.74, 6) is -1.43. The number of hydrogen-bond acceptors (Lipinski definition) is 4. The van der Waals surface area contributed by atoms with Gasteiger partial charge in [-0.3, -0.25) is 0 Å². The van der Waals surface area contributed by atoms with E-state index < -0.39 is 22.0 Å². The van der Waals surface area contributed by atoms with Crippen molar-refractivity contribution >= 4 is 33.8 Å². The monoisotopic (exact) mass is 313 g/mol. The normalized spacial score (nSPS) is 11.3. The molecule has 0 aliphatic heterocycles. The number of amides is 2. The number of carboxylic acid groups (broad SMARTS) is 1. The van der Waals surface area contributed by atoms with Crippen molar-refractivity contribution < 1.29 is 23.1 Å². The van der Waals surface area contributed by atoms with Crippen molar-refractivity contribution in [1.29, 1.82) is 0 Å². The van der Waals surface area contributed by atoms with Crippen LogP contribution < -0.4 is 15.8 Å². The second-order valence-electron chi connectivity index (χ2n) is 4.04. The number of rotatable bonds is 6. The first-order chi connectivity index (χ1) is 9.76.